The molecule has 0 radical (unpaired) electrons. The number of ether oxygens (including phenoxy) is 3. The molecule has 0 saturated carbocycles. The number of nitrogens with one attached hydrogen (secondary N) is 1. The van der Waals surface area contributed by atoms with Crippen molar-refractivity contribution in [1.29, 1.82) is 0 Å². The average Bonchev–Trinajstić information content (AvgIpc) is 2.90. The van der Waals surface area contributed by atoms with Crippen LogP contribution in [0.25, 0.3) is 0 Å². The maximum atomic E-state index is 12.5. The topological polar surface area (TPSA) is 86.8 Å². The van der Waals surface area contributed by atoms with E-state index in [1.165, 1.54) is 7.11 Å². The van der Waals surface area contributed by atoms with Crippen LogP contribution in [0.1, 0.15) is 27.0 Å². The number of carbonyl (C=O) groups excluding carboxylic acids is 2. The van der Waals surface area contributed by atoms with E-state index in [0.29, 0.717) is 35.1 Å². The summed E-state index contributed by atoms with van der Waals surface area (Å²) in [4.78, 5) is 28.7. The van der Waals surface area contributed by atoms with Crippen molar-refractivity contribution in [3.8, 4) is 17.4 Å². The van der Waals surface area contributed by atoms with Gasteiger partial charge in [0.1, 0.15) is 18.1 Å². The second-order valence-corrected chi connectivity index (χ2v) is 8.07. The highest BCUT2D eigenvalue weighted by molar-refractivity contribution is 6.01. The Labute approximate surface area is 209 Å². The second-order valence-electron chi connectivity index (χ2n) is 8.07. The van der Waals surface area contributed by atoms with Gasteiger partial charge in [0, 0.05) is 12.3 Å². The quantitative estimate of drug-likeness (QED) is 0.307. The van der Waals surface area contributed by atoms with Crippen molar-refractivity contribution in [3.05, 3.63) is 113 Å². The van der Waals surface area contributed by atoms with E-state index in [-0.39, 0.29) is 12.3 Å². The van der Waals surface area contributed by atoms with Gasteiger partial charge in [0.05, 0.1) is 24.8 Å². The van der Waals surface area contributed by atoms with Crippen LogP contribution >= 0.6 is 0 Å². The number of anilines is 1. The maximum Gasteiger partial charge on any atom is 0.339 e. The van der Waals surface area contributed by atoms with Crippen LogP contribution in [0.15, 0.2) is 91.1 Å². The number of esters is 1. The van der Waals surface area contributed by atoms with E-state index in [2.05, 4.69) is 10.3 Å². The summed E-state index contributed by atoms with van der Waals surface area (Å²) in [5.41, 5.74) is 3.41. The largest absolute Gasteiger partial charge is 0.489 e. The van der Waals surface area contributed by atoms with Crippen molar-refractivity contribution < 1.29 is 23.8 Å². The van der Waals surface area contributed by atoms with Crippen molar-refractivity contribution in [2.75, 3.05) is 12.4 Å². The summed E-state index contributed by atoms with van der Waals surface area (Å²) in [6, 6.07) is 25.8. The van der Waals surface area contributed by atoms with Crippen LogP contribution < -0.4 is 14.8 Å². The minimum atomic E-state index is -0.514. The van der Waals surface area contributed by atoms with Crippen LogP contribution in [-0.4, -0.2) is 24.0 Å². The van der Waals surface area contributed by atoms with Gasteiger partial charge in [0.15, 0.2) is 0 Å². The number of rotatable bonds is 9. The Morgan fingerprint density at radius 3 is 2.39 bits per heavy atom. The van der Waals surface area contributed by atoms with Gasteiger partial charge in [-0.05, 0) is 53.9 Å². The summed E-state index contributed by atoms with van der Waals surface area (Å²) in [6.07, 6.45) is 1.68. The Balaban J connectivity index is 1.33. The molecule has 0 aliphatic rings. The first-order chi connectivity index (χ1) is 17.5. The molecule has 4 aromatic rings. The molecular formula is C29H26N2O5. The van der Waals surface area contributed by atoms with Crippen molar-refractivity contribution in [3.63, 3.8) is 0 Å². The van der Waals surface area contributed by atoms with Crippen LogP contribution in [0.5, 0.6) is 17.4 Å². The minimum absolute atomic E-state index is 0.0925. The van der Waals surface area contributed by atoms with Crippen LogP contribution in [0, 0.1) is 6.92 Å². The highest BCUT2D eigenvalue weighted by Gasteiger charge is 2.14. The third-order valence-corrected chi connectivity index (χ3v) is 5.38. The minimum Gasteiger partial charge on any atom is -0.489 e. The van der Waals surface area contributed by atoms with Crippen molar-refractivity contribution in [1.82, 2.24) is 4.98 Å². The van der Waals surface area contributed by atoms with E-state index in [0.717, 1.165) is 16.9 Å². The molecule has 7 heteroatoms. The van der Waals surface area contributed by atoms with Gasteiger partial charge < -0.3 is 19.5 Å². The number of amides is 1. The zero-order valence-corrected chi connectivity index (χ0v) is 20.1. The van der Waals surface area contributed by atoms with E-state index in [4.69, 9.17) is 14.2 Å². The number of benzene rings is 3. The van der Waals surface area contributed by atoms with E-state index in [1.807, 2.05) is 55.5 Å². The lowest BCUT2D eigenvalue weighted by Crippen LogP contribution is -2.17. The van der Waals surface area contributed by atoms with Crippen molar-refractivity contribution >= 4 is 17.6 Å². The number of para-hydroxylation sites is 1. The highest BCUT2D eigenvalue weighted by atomic mass is 16.5. The Morgan fingerprint density at radius 1 is 0.889 bits per heavy atom. The van der Waals surface area contributed by atoms with Gasteiger partial charge in [-0.1, -0.05) is 48.5 Å². The normalized spacial score (nSPS) is 10.4. The predicted molar refractivity (Wildman–Crippen MR) is 136 cm³/mol. The van der Waals surface area contributed by atoms with Gasteiger partial charge in [-0.15, -0.1) is 0 Å². The van der Waals surface area contributed by atoms with Crippen molar-refractivity contribution in [2.45, 2.75) is 20.0 Å². The molecule has 182 valence electrons. The molecule has 4 rings (SSSR count). The molecule has 36 heavy (non-hydrogen) atoms. The van der Waals surface area contributed by atoms with Gasteiger partial charge in [0.2, 0.25) is 11.8 Å². The molecule has 3 aromatic carbocycles. The molecule has 1 N–H and O–H groups in total. The molecule has 1 aromatic heterocycles. The summed E-state index contributed by atoms with van der Waals surface area (Å²) in [7, 11) is 1.30. The standard InChI is InChI=1S/C29H26N2O5/c1-20-16-23(35-19-21-8-4-3-5-9-21)13-14-26(20)36-28-15-12-22(18-30-28)17-27(32)31-25-11-7-6-10-24(25)29(33)34-2/h3-16,18H,17,19H2,1-2H3,(H,31,32). The number of methoxy groups -OCH3 is 1. The smallest absolute Gasteiger partial charge is 0.339 e. The third kappa shape index (κ3) is 6.48. The highest BCUT2D eigenvalue weighted by Crippen LogP contribution is 2.28. The number of hydrogen-bond acceptors (Lipinski definition) is 6. The number of nitrogens with zero attached hydrogens (tertiary/aromatic N) is 1. The van der Waals surface area contributed by atoms with Crippen LogP contribution in [0.3, 0.4) is 0 Å². The number of aryl methyl sites for hydroxylation is 1. The fourth-order valence-electron chi connectivity index (χ4n) is 3.52. The molecule has 0 fully saturated rings. The number of carbonyl (C=O) groups is 2. The zero-order valence-electron chi connectivity index (χ0n) is 20.1. The summed E-state index contributed by atoms with van der Waals surface area (Å²) >= 11 is 0. The molecule has 0 aliphatic heterocycles. The molecule has 0 saturated heterocycles. The Morgan fingerprint density at radius 2 is 1.67 bits per heavy atom. The first-order valence-electron chi connectivity index (χ1n) is 11.4. The van der Waals surface area contributed by atoms with E-state index < -0.39 is 5.97 Å². The monoisotopic (exact) mass is 482 g/mol. The van der Waals surface area contributed by atoms with Gasteiger partial charge >= 0.3 is 5.97 Å². The molecule has 7 nitrogen and oxygen atoms in total. The number of hydrogen-bond donors (Lipinski definition) is 1. The van der Waals surface area contributed by atoms with Gasteiger partial charge in [-0.3, -0.25) is 4.79 Å². The molecule has 0 unspecified atom stereocenters. The Bertz CT molecular complexity index is 1340. The molecule has 1 amide bonds. The summed E-state index contributed by atoms with van der Waals surface area (Å²) in [5.74, 6) is 1.05. The number of aromatic nitrogens is 1. The zero-order chi connectivity index (χ0) is 25.3. The lowest BCUT2D eigenvalue weighted by molar-refractivity contribution is -0.115. The van der Waals surface area contributed by atoms with E-state index in [1.54, 1.807) is 42.6 Å². The molecular weight excluding hydrogens is 456 g/mol. The Hall–Kier alpha value is -4.65. The summed E-state index contributed by atoms with van der Waals surface area (Å²) in [5, 5.41) is 2.75. The second kappa shape index (κ2) is 11.7. The van der Waals surface area contributed by atoms with E-state index >= 15 is 0 Å². The third-order valence-electron chi connectivity index (χ3n) is 5.38. The van der Waals surface area contributed by atoms with Crippen LogP contribution in [-0.2, 0) is 22.6 Å². The van der Waals surface area contributed by atoms with Crippen molar-refractivity contribution in [2.24, 2.45) is 0 Å². The lowest BCUT2D eigenvalue weighted by atomic mass is 10.1. The first-order valence-corrected chi connectivity index (χ1v) is 11.4. The van der Waals surface area contributed by atoms with Gasteiger partial charge in [-0.2, -0.15) is 0 Å². The maximum absolute atomic E-state index is 12.5. The van der Waals surface area contributed by atoms with Crippen LogP contribution in [0.4, 0.5) is 5.69 Å². The van der Waals surface area contributed by atoms with Crippen LogP contribution in [0.2, 0.25) is 0 Å². The summed E-state index contributed by atoms with van der Waals surface area (Å²) in [6.45, 7) is 2.43. The summed E-state index contributed by atoms with van der Waals surface area (Å²) < 4.78 is 16.5. The Kier molecular flexibility index (Phi) is 7.93. The SMILES string of the molecule is COC(=O)c1ccccc1NC(=O)Cc1ccc(Oc2ccc(OCc3ccccc3)cc2C)nc1. The molecule has 0 atom stereocenters. The molecule has 1 heterocycles. The lowest BCUT2D eigenvalue weighted by Gasteiger charge is -2.12. The first kappa shape index (κ1) is 24.5. The predicted octanol–water partition coefficient (Wildman–Crippen LogP) is 5.73. The molecule has 0 bridgehead atoms. The number of pyridine rings is 1. The average molecular weight is 483 g/mol. The fourth-order valence-corrected chi connectivity index (χ4v) is 3.52. The molecule has 0 aliphatic carbocycles. The fraction of sp³-hybridized carbons (Fsp3) is 0.138. The van der Waals surface area contributed by atoms with Gasteiger partial charge in [0.25, 0.3) is 0 Å². The van der Waals surface area contributed by atoms with Gasteiger partial charge in [-0.25, -0.2) is 9.78 Å². The molecule has 0 spiro atoms. The van der Waals surface area contributed by atoms with E-state index in [9.17, 15) is 9.59 Å².